The molecule has 0 unspecified atom stereocenters. The molecule has 0 N–H and O–H groups in total. The average molecular weight is 334 g/mol. The van der Waals surface area contributed by atoms with Gasteiger partial charge in [0.05, 0.1) is 5.60 Å². The van der Waals surface area contributed by atoms with Crippen LogP contribution in [0.1, 0.15) is 13.3 Å². The number of halogens is 4. The summed E-state index contributed by atoms with van der Waals surface area (Å²) < 4.78 is 17.0. The summed E-state index contributed by atoms with van der Waals surface area (Å²) >= 11 is 27.1. The van der Waals surface area contributed by atoms with Crippen LogP contribution in [0.25, 0.3) is 0 Å². The van der Waals surface area contributed by atoms with Gasteiger partial charge in [-0.15, -0.1) is 34.8 Å². The zero-order valence-electron chi connectivity index (χ0n) is 10.0. The Labute approximate surface area is 125 Å². The molecule has 4 aliphatic carbocycles. The summed E-state index contributed by atoms with van der Waals surface area (Å²) in [5.74, 6) is -1.34. The third-order valence-electron chi connectivity index (χ3n) is 5.70. The maximum Gasteiger partial charge on any atom is 0.213 e. The molecule has 6 bridgehead atoms. The van der Waals surface area contributed by atoms with Crippen molar-refractivity contribution in [1.29, 1.82) is 0 Å². The predicted octanol–water partition coefficient (Wildman–Crippen LogP) is 2.68. The standard InChI is InChI=1S/C11H12Cl4O3/c1-6-5-4-7(12)9(6,14)10(15,18-6)8(5,13)11(7,16-2)17-3/h5H,4H2,1-3H3/t5-,6+,7+,8+,9+,10-/m1/s1. The molecule has 0 radical (unpaired) electrons. The molecule has 102 valence electrons. The second-order valence-corrected chi connectivity index (χ2v) is 8.10. The lowest BCUT2D eigenvalue weighted by atomic mass is 9.79. The van der Waals surface area contributed by atoms with E-state index in [-0.39, 0.29) is 5.92 Å². The van der Waals surface area contributed by atoms with Crippen LogP contribution in [-0.2, 0) is 14.2 Å². The van der Waals surface area contributed by atoms with E-state index < -0.39 is 31.1 Å². The Morgan fingerprint density at radius 1 is 1.11 bits per heavy atom. The van der Waals surface area contributed by atoms with Gasteiger partial charge in [0.2, 0.25) is 5.79 Å². The summed E-state index contributed by atoms with van der Waals surface area (Å²) in [6, 6.07) is 0. The van der Waals surface area contributed by atoms with Crippen molar-refractivity contribution in [3.63, 3.8) is 0 Å². The third-order valence-corrected chi connectivity index (χ3v) is 9.08. The van der Waals surface area contributed by atoms with Crippen LogP contribution in [-0.4, -0.2) is 45.3 Å². The molecule has 3 nitrogen and oxygen atoms in total. The van der Waals surface area contributed by atoms with E-state index in [2.05, 4.69) is 0 Å². The molecule has 0 aromatic carbocycles. The Morgan fingerprint density at radius 2 is 1.67 bits per heavy atom. The van der Waals surface area contributed by atoms with E-state index in [1.54, 1.807) is 0 Å². The minimum absolute atomic E-state index is 0.0981. The molecule has 1 saturated heterocycles. The highest BCUT2D eigenvalue weighted by Crippen LogP contribution is 2.95. The van der Waals surface area contributed by atoms with Crippen LogP contribution in [0, 0.1) is 5.92 Å². The van der Waals surface area contributed by atoms with Crippen LogP contribution in [0.3, 0.4) is 0 Å². The summed E-state index contributed by atoms with van der Waals surface area (Å²) in [7, 11) is 3.02. The maximum absolute atomic E-state index is 6.84. The third kappa shape index (κ3) is 0.621. The first-order valence-electron chi connectivity index (χ1n) is 5.73. The summed E-state index contributed by atoms with van der Waals surface area (Å²) in [6.45, 7) is 1.91. The van der Waals surface area contributed by atoms with Crippen LogP contribution in [0.2, 0.25) is 0 Å². The summed E-state index contributed by atoms with van der Waals surface area (Å²) in [5.41, 5.74) is -0.625. The minimum atomic E-state index is -1.26. The molecule has 5 fully saturated rings. The van der Waals surface area contributed by atoms with Gasteiger partial charge in [-0.2, -0.15) is 0 Å². The average Bonchev–Trinajstić information content (AvgIpc) is 2.76. The molecule has 0 aromatic rings. The highest BCUT2D eigenvalue weighted by Gasteiger charge is 3.12. The fraction of sp³-hybridized carbons (Fsp3) is 1.00. The van der Waals surface area contributed by atoms with Crippen molar-refractivity contribution >= 4 is 46.4 Å². The Hall–Kier alpha value is 1.04. The second kappa shape index (κ2) is 2.70. The fourth-order valence-corrected chi connectivity index (χ4v) is 8.17. The number of rotatable bonds is 2. The van der Waals surface area contributed by atoms with Crippen molar-refractivity contribution < 1.29 is 14.2 Å². The molecule has 6 atom stereocenters. The largest absolute Gasteiger partial charge is 0.350 e. The lowest BCUT2D eigenvalue weighted by molar-refractivity contribution is -0.233. The van der Waals surface area contributed by atoms with Gasteiger partial charge in [0.25, 0.3) is 0 Å². The first-order chi connectivity index (χ1) is 8.17. The molecule has 0 aromatic heterocycles. The Kier molecular flexibility index (Phi) is 1.91. The second-order valence-electron chi connectivity index (χ2n) is 5.76. The smallest absolute Gasteiger partial charge is 0.213 e. The summed E-state index contributed by atoms with van der Waals surface area (Å²) in [5, 5.41) is -1.26. The van der Waals surface area contributed by atoms with E-state index in [9.17, 15) is 0 Å². The predicted molar refractivity (Wildman–Crippen MR) is 68.7 cm³/mol. The van der Waals surface area contributed by atoms with Crippen LogP contribution in [0.5, 0.6) is 0 Å². The van der Waals surface area contributed by atoms with Crippen molar-refractivity contribution in [1.82, 2.24) is 0 Å². The van der Waals surface area contributed by atoms with Crippen molar-refractivity contribution in [3.8, 4) is 0 Å². The molecule has 0 amide bonds. The molecule has 18 heavy (non-hydrogen) atoms. The van der Waals surface area contributed by atoms with Crippen molar-refractivity contribution in [2.45, 2.75) is 44.4 Å². The van der Waals surface area contributed by atoms with Gasteiger partial charge in [-0.25, -0.2) is 0 Å². The van der Waals surface area contributed by atoms with Gasteiger partial charge in [0.1, 0.15) is 9.75 Å². The Bertz CT molecular complexity index is 485. The number of alkyl halides is 4. The molecule has 4 saturated carbocycles. The quantitative estimate of drug-likeness (QED) is 0.574. The van der Waals surface area contributed by atoms with Crippen LogP contribution in [0.4, 0.5) is 0 Å². The van der Waals surface area contributed by atoms with Gasteiger partial charge < -0.3 is 14.2 Å². The van der Waals surface area contributed by atoms with Crippen LogP contribution in [0.15, 0.2) is 0 Å². The molecular formula is C11H12Cl4O3. The van der Waals surface area contributed by atoms with Crippen LogP contribution < -0.4 is 0 Å². The van der Waals surface area contributed by atoms with E-state index >= 15 is 0 Å². The molecular weight excluding hydrogens is 322 g/mol. The van der Waals surface area contributed by atoms with Gasteiger partial charge in [0.15, 0.2) is 9.93 Å². The zero-order chi connectivity index (χ0) is 13.4. The SMILES string of the molecule is COC1(OC)[C@]2(Cl)C[C@@H]3[C@]4(C)O[C@@](Cl)([C@]42Cl)[C@@]31Cl. The van der Waals surface area contributed by atoms with E-state index in [4.69, 9.17) is 60.6 Å². The topological polar surface area (TPSA) is 27.7 Å². The molecule has 5 rings (SSSR count). The molecule has 1 aliphatic heterocycles. The Balaban J connectivity index is 2.09. The monoisotopic (exact) mass is 332 g/mol. The highest BCUT2D eigenvalue weighted by molar-refractivity contribution is 6.51. The van der Waals surface area contributed by atoms with Gasteiger partial charge in [0, 0.05) is 20.1 Å². The number of ether oxygens (including phenoxy) is 3. The molecule has 5 aliphatic rings. The van der Waals surface area contributed by atoms with Crippen molar-refractivity contribution in [3.05, 3.63) is 0 Å². The number of hydrogen-bond donors (Lipinski definition) is 0. The zero-order valence-corrected chi connectivity index (χ0v) is 13.0. The number of methoxy groups -OCH3 is 2. The number of hydrogen-bond acceptors (Lipinski definition) is 3. The first kappa shape index (κ1) is 12.8. The van der Waals surface area contributed by atoms with E-state index in [0.717, 1.165) is 0 Å². The molecule has 1 heterocycles. The fourth-order valence-electron chi connectivity index (χ4n) is 5.15. The van der Waals surface area contributed by atoms with Gasteiger partial charge in [-0.05, 0) is 13.3 Å². The normalized spacial score (nSPS) is 69.8. The lowest BCUT2D eigenvalue weighted by Gasteiger charge is -2.57. The minimum Gasteiger partial charge on any atom is -0.350 e. The van der Waals surface area contributed by atoms with Gasteiger partial charge in [-0.1, -0.05) is 11.6 Å². The van der Waals surface area contributed by atoms with E-state index in [0.29, 0.717) is 6.42 Å². The molecule has 0 spiro atoms. The lowest BCUT2D eigenvalue weighted by Crippen LogP contribution is -2.74. The molecule has 7 heteroatoms. The maximum atomic E-state index is 6.84. The van der Waals surface area contributed by atoms with E-state index in [1.165, 1.54) is 14.2 Å². The highest BCUT2D eigenvalue weighted by atomic mass is 35.5. The van der Waals surface area contributed by atoms with Crippen LogP contribution >= 0.6 is 46.4 Å². The summed E-state index contributed by atoms with van der Waals surface area (Å²) in [4.78, 5) is -3.07. The van der Waals surface area contributed by atoms with Gasteiger partial charge in [-0.3, -0.25) is 0 Å². The first-order valence-corrected chi connectivity index (χ1v) is 7.24. The Morgan fingerprint density at radius 3 is 2.00 bits per heavy atom. The summed E-state index contributed by atoms with van der Waals surface area (Å²) in [6.07, 6.45) is 0.564. The van der Waals surface area contributed by atoms with Gasteiger partial charge >= 0.3 is 0 Å². The van der Waals surface area contributed by atoms with Crippen molar-refractivity contribution in [2.24, 2.45) is 5.92 Å². The van der Waals surface area contributed by atoms with Crippen molar-refractivity contribution in [2.75, 3.05) is 14.2 Å². The van der Waals surface area contributed by atoms with E-state index in [1.807, 2.05) is 6.92 Å².